The van der Waals surface area contributed by atoms with Crippen molar-refractivity contribution in [2.75, 3.05) is 13.2 Å². The second kappa shape index (κ2) is 8.60. The van der Waals surface area contributed by atoms with Crippen molar-refractivity contribution in [3.63, 3.8) is 0 Å². The summed E-state index contributed by atoms with van der Waals surface area (Å²) in [5, 5.41) is 0.789. The molecule has 0 aliphatic heterocycles. The fourth-order valence-corrected chi connectivity index (χ4v) is 3.44. The van der Waals surface area contributed by atoms with E-state index in [9.17, 15) is 4.89 Å². The topological polar surface area (TPSA) is 38.7 Å². The fraction of sp³-hybridized carbons (Fsp3) is 0.571. The maximum atomic E-state index is 10.6. The Morgan fingerprint density at radius 1 is 0.944 bits per heavy atom. The van der Waals surface area contributed by atoms with Crippen LogP contribution in [0.15, 0.2) is 30.3 Å². The van der Waals surface area contributed by atoms with Gasteiger partial charge in [0.15, 0.2) is 0 Å². The van der Waals surface area contributed by atoms with Crippen LogP contribution in [-0.4, -0.2) is 18.1 Å². The Hall–Kier alpha value is -0.470. The third-order valence-corrected chi connectivity index (χ3v) is 4.98. The normalized spacial score (nSPS) is 12.6. The summed E-state index contributed by atoms with van der Waals surface area (Å²) in [7, 11) is -3.20. The zero-order valence-electron chi connectivity index (χ0n) is 11.4. The number of hydrogen-bond acceptors (Lipinski definition) is 3. The van der Waals surface area contributed by atoms with Gasteiger partial charge in [0.25, 0.3) is 0 Å². The molecule has 104 valence electrons. The van der Waals surface area contributed by atoms with Crippen molar-refractivity contribution in [1.29, 1.82) is 0 Å². The molecule has 0 aliphatic rings. The fourth-order valence-electron chi connectivity index (χ4n) is 1.57. The van der Waals surface area contributed by atoms with Gasteiger partial charge in [-0.1, -0.05) is 0 Å². The molecule has 0 radical (unpaired) electrons. The second-order valence-electron chi connectivity index (χ2n) is 4.35. The quantitative estimate of drug-likeness (QED) is 0.553. The van der Waals surface area contributed by atoms with Crippen molar-refractivity contribution < 1.29 is 13.9 Å². The molecule has 0 heterocycles. The molecule has 1 aromatic rings. The van der Waals surface area contributed by atoms with Crippen molar-refractivity contribution in [2.45, 2.75) is 39.5 Å². The molecular weight excluding hydrogens is 247 g/mol. The van der Waals surface area contributed by atoms with Gasteiger partial charge in [-0.05, 0) is 0 Å². The van der Waals surface area contributed by atoms with E-state index >= 15 is 0 Å². The summed E-state index contributed by atoms with van der Waals surface area (Å²) >= 11 is 0. The molecule has 0 unspecified atom stereocenters. The molecule has 0 spiro atoms. The van der Waals surface area contributed by atoms with Gasteiger partial charge >= 0.3 is 110 Å². The molecule has 0 amide bonds. The Labute approximate surface area is 111 Å². The summed E-state index contributed by atoms with van der Waals surface area (Å²) in [6.07, 6.45) is 3.99. The van der Waals surface area contributed by atoms with Crippen molar-refractivity contribution in [2.24, 2.45) is 0 Å². The van der Waals surface area contributed by atoms with Crippen LogP contribution in [0.2, 0.25) is 0 Å². The van der Waals surface area contributed by atoms with E-state index < -0.39 is 7.94 Å². The first kappa shape index (κ1) is 15.6. The molecule has 1 rings (SSSR count). The predicted molar refractivity (Wildman–Crippen MR) is 78.3 cm³/mol. The van der Waals surface area contributed by atoms with Crippen LogP contribution in [0.4, 0.5) is 0 Å². The van der Waals surface area contributed by atoms with Gasteiger partial charge in [-0.2, -0.15) is 0 Å². The van der Waals surface area contributed by atoms with Crippen molar-refractivity contribution in [3.05, 3.63) is 30.3 Å². The van der Waals surface area contributed by atoms with Gasteiger partial charge in [0, 0.05) is 0 Å². The second-order valence-corrected chi connectivity index (χ2v) is 6.67. The van der Waals surface area contributed by atoms with Gasteiger partial charge in [0.2, 0.25) is 0 Å². The third kappa shape index (κ3) is 5.03. The molecule has 0 atom stereocenters. The molecule has 1 aromatic carbocycles. The Kier molecular flexibility index (Phi) is 7.45. The van der Waals surface area contributed by atoms with Crippen LogP contribution in [0.3, 0.4) is 0 Å². The Balaban J connectivity index is 2.67. The zero-order chi connectivity index (χ0) is 13.3. The van der Waals surface area contributed by atoms with Gasteiger partial charge < -0.3 is 0 Å². The van der Waals surface area contributed by atoms with Gasteiger partial charge in [0.05, 0.1) is 0 Å². The Morgan fingerprint density at radius 3 is 1.89 bits per heavy atom. The van der Waals surface area contributed by atoms with E-state index in [4.69, 9.17) is 9.05 Å². The summed E-state index contributed by atoms with van der Waals surface area (Å²) in [4.78, 5) is 10.6. The summed E-state index contributed by atoms with van der Waals surface area (Å²) in [5.41, 5.74) is 0. The standard InChI is InChI=1S/C14H25O3P/c1-3-5-12-16-18(15,17-13-6-4-2)14-10-8-7-9-11-14/h7-11,15,18H,3-6,12-13H2,1-2H3. The predicted octanol–water partition coefficient (Wildman–Crippen LogP) is 3.43. The molecule has 4 heteroatoms. The maximum absolute atomic E-state index is 10.6. The van der Waals surface area contributed by atoms with Crippen molar-refractivity contribution in [1.82, 2.24) is 0 Å². The molecule has 0 saturated heterocycles. The average molecular weight is 272 g/mol. The molecular formula is C14H25O3P. The Bertz CT molecular complexity index is 306. The zero-order valence-corrected chi connectivity index (χ0v) is 12.4. The first-order valence-corrected chi connectivity index (χ1v) is 8.55. The van der Waals surface area contributed by atoms with E-state index in [1.807, 2.05) is 30.3 Å². The molecule has 0 bridgehead atoms. The Morgan fingerprint density at radius 2 is 1.44 bits per heavy atom. The van der Waals surface area contributed by atoms with E-state index in [0.717, 1.165) is 31.0 Å². The molecule has 1 N–H and O–H groups in total. The van der Waals surface area contributed by atoms with Crippen LogP contribution in [0.25, 0.3) is 0 Å². The van der Waals surface area contributed by atoms with Crippen LogP contribution in [0, 0.1) is 0 Å². The molecule has 0 fully saturated rings. The molecule has 3 nitrogen and oxygen atoms in total. The van der Waals surface area contributed by atoms with Crippen LogP contribution in [0.1, 0.15) is 39.5 Å². The SMILES string of the molecule is CCCCO[PH](O)(OCCCC)c1ccccc1. The van der Waals surface area contributed by atoms with Crippen LogP contribution in [-0.2, 0) is 9.05 Å². The first-order chi connectivity index (χ1) is 8.73. The molecule has 18 heavy (non-hydrogen) atoms. The van der Waals surface area contributed by atoms with Crippen LogP contribution in [0.5, 0.6) is 0 Å². The minimum absolute atomic E-state index is 0.556. The van der Waals surface area contributed by atoms with Crippen LogP contribution < -0.4 is 5.30 Å². The van der Waals surface area contributed by atoms with Crippen molar-refractivity contribution in [3.8, 4) is 0 Å². The van der Waals surface area contributed by atoms with Crippen molar-refractivity contribution >= 4 is 13.2 Å². The van der Waals surface area contributed by atoms with E-state index in [2.05, 4.69) is 13.8 Å². The van der Waals surface area contributed by atoms with E-state index in [0.29, 0.717) is 13.2 Å². The van der Waals surface area contributed by atoms with Gasteiger partial charge in [-0.15, -0.1) is 0 Å². The summed E-state index contributed by atoms with van der Waals surface area (Å²) in [5.74, 6) is 0. The van der Waals surface area contributed by atoms with E-state index in [-0.39, 0.29) is 0 Å². The van der Waals surface area contributed by atoms with E-state index in [1.54, 1.807) is 0 Å². The number of unbranched alkanes of at least 4 members (excludes halogenated alkanes) is 2. The molecule has 0 aromatic heterocycles. The average Bonchev–Trinajstić information content (AvgIpc) is 2.40. The minimum atomic E-state index is -3.20. The molecule has 0 aliphatic carbocycles. The number of hydrogen-bond donors (Lipinski definition) is 1. The summed E-state index contributed by atoms with van der Waals surface area (Å²) in [6.45, 7) is 5.31. The van der Waals surface area contributed by atoms with Gasteiger partial charge in [-0.25, -0.2) is 0 Å². The third-order valence-electron chi connectivity index (χ3n) is 2.73. The van der Waals surface area contributed by atoms with Gasteiger partial charge in [-0.3, -0.25) is 0 Å². The molecule has 0 saturated carbocycles. The monoisotopic (exact) mass is 272 g/mol. The first-order valence-electron chi connectivity index (χ1n) is 6.78. The van der Waals surface area contributed by atoms with Gasteiger partial charge in [0.1, 0.15) is 0 Å². The number of rotatable bonds is 9. The number of benzene rings is 1. The summed E-state index contributed by atoms with van der Waals surface area (Å²) in [6, 6.07) is 9.49. The summed E-state index contributed by atoms with van der Waals surface area (Å²) < 4.78 is 11.3. The van der Waals surface area contributed by atoms with E-state index in [1.165, 1.54) is 0 Å². The van der Waals surface area contributed by atoms with Crippen LogP contribution >= 0.6 is 7.94 Å².